The molecule has 28 heavy (non-hydrogen) atoms. The molecule has 146 valence electrons. The summed E-state index contributed by atoms with van der Waals surface area (Å²) in [6.45, 7) is 5.96. The van der Waals surface area contributed by atoms with E-state index >= 15 is 0 Å². The lowest BCUT2D eigenvalue weighted by Crippen LogP contribution is -2.23. The van der Waals surface area contributed by atoms with Crippen molar-refractivity contribution < 1.29 is 14.3 Å². The minimum Gasteiger partial charge on any atom is -0.493 e. The highest BCUT2D eigenvalue weighted by molar-refractivity contribution is 8.18. The fraction of sp³-hybridized carbons (Fsp3) is 0.273. The second-order valence-corrected chi connectivity index (χ2v) is 7.79. The first kappa shape index (κ1) is 20.0. The molecule has 5 nitrogen and oxygen atoms in total. The van der Waals surface area contributed by atoms with E-state index in [0.29, 0.717) is 21.6 Å². The highest BCUT2D eigenvalue weighted by atomic mass is 32.2. The Bertz CT molecular complexity index is 933. The minimum absolute atomic E-state index is 0.0549. The van der Waals surface area contributed by atoms with Gasteiger partial charge >= 0.3 is 0 Å². The molecule has 0 saturated carbocycles. The number of benzene rings is 2. The Kier molecular flexibility index (Phi) is 6.09. The summed E-state index contributed by atoms with van der Waals surface area (Å²) in [5.74, 6) is 1.25. The summed E-state index contributed by atoms with van der Waals surface area (Å²) in [6, 6.07) is 13.5. The number of amides is 1. The predicted octanol–water partition coefficient (Wildman–Crippen LogP) is 5.02. The van der Waals surface area contributed by atoms with Crippen LogP contribution < -0.4 is 9.47 Å². The number of carbonyl (C=O) groups excluding carboxylic acids is 1. The number of rotatable bonds is 5. The number of amidine groups is 1. The Labute approximate surface area is 170 Å². The maximum absolute atomic E-state index is 12.6. The van der Waals surface area contributed by atoms with E-state index in [1.165, 1.54) is 17.3 Å². The predicted molar refractivity (Wildman–Crippen MR) is 115 cm³/mol. The Morgan fingerprint density at radius 2 is 1.82 bits per heavy atom. The zero-order valence-corrected chi connectivity index (χ0v) is 17.5. The number of likely N-dealkylation sites (N-methyl/N-ethyl adjacent to an activating group) is 1. The normalized spacial score (nSPS) is 17.1. The molecule has 0 bridgehead atoms. The van der Waals surface area contributed by atoms with Crippen LogP contribution in [0.3, 0.4) is 0 Å². The molecule has 1 fully saturated rings. The highest BCUT2D eigenvalue weighted by Crippen LogP contribution is 2.35. The number of hydrogen-bond donors (Lipinski definition) is 0. The number of aliphatic imine (C=N–C) groups is 1. The Hall–Kier alpha value is -2.73. The first-order valence-electron chi connectivity index (χ1n) is 9.05. The molecule has 1 saturated heterocycles. The minimum atomic E-state index is -0.0719. The molecule has 0 spiro atoms. The van der Waals surface area contributed by atoms with Crippen LogP contribution in [-0.4, -0.2) is 36.2 Å². The van der Waals surface area contributed by atoms with Crippen LogP contribution in [0.1, 0.15) is 25.0 Å². The molecule has 0 radical (unpaired) electrons. The molecule has 1 aliphatic rings. The molecule has 1 aliphatic heterocycles. The third kappa shape index (κ3) is 4.57. The summed E-state index contributed by atoms with van der Waals surface area (Å²) in [5.41, 5.74) is 2.87. The molecule has 1 amide bonds. The van der Waals surface area contributed by atoms with Crippen LogP contribution in [0, 0.1) is 6.92 Å². The van der Waals surface area contributed by atoms with Crippen molar-refractivity contribution in [2.24, 2.45) is 4.99 Å². The summed E-state index contributed by atoms with van der Waals surface area (Å²) < 4.78 is 11.2. The van der Waals surface area contributed by atoms with E-state index < -0.39 is 0 Å². The first-order chi connectivity index (χ1) is 13.4. The largest absolute Gasteiger partial charge is 0.493 e. The molecule has 0 N–H and O–H groups in total. The molecule has 3 rings (SSSR count). The van der Waals surface area contributed by atoms with E-state index in [9.17, 15) is 4.79 Å². The van der Waals surface area contributed by atoms with Crippen LogP contribution in [0.15, 0.2) is 52.4 Å². The van der Waals surface area contributed by atoms with Crippen LogP contribution in [0.4, 0.5) is 5.69 Å². The van der Waals surface area contributed by atoms with Crippen molar-refractivity contribution in [3.8, 4) is 11.5 Å². The zero-order chi connectivity index (χ0) is 20.3. The number of ether oxygens (including phenoxy) is 2. The number of carbonyl (C=O) groups is 1. The van der Waals surface area contributed by atoms with Gasteiger partial charge in [-0.05, 0) is 68.4 Å². The highest BCUT2D eigenvalue weighted by Gasteiger charge is 2.30. The van der Waals surface area contributed by atoms with Crippen LogP contribution >= 0.6 is 11.8 Å². The van der Waals surface area contributed by atoms with Crippen molar-refractivity contribution in [2.45, 2.75) is 26.9 Å². The maximum atomic E-state index is 12.6. The van der Waals surface area contributed by atoms with Crippen molar-refractivity contribution >= 4 is 34.6 Å². The molecule has 2 aromatic carbocycles. The Balaban J connectivity index is 1.86. The number of hydrogen-bond acceptors (Lipinski definition) is 5. The summed E-state index contributed by atoms with van der Waals surface area (Å²) in [5, 5.41) is 0.659. The zero-order valence-electron chi connectivity index (χ0n) is 16.7. The van der Waals surface area contributed by atoms with Crippen molar-refractivity contribution in [1.82, 2.24) is 4.90 Å². The van der Waals surface area contributed by atoms with Crippen LogP contribution in [-0.2, 0) is 4.79 Å². The van der Waals surface area contributed by atoms with Crippen molar-refractivity contribution in [1.29, 1.82) is 0 Å². The Morgan fingerprint density at radius 3 is 2.46 bits per heavy atom. The van der Waals surface area contributed by atoms with Crippen LogP contribution in [0.25, 0.3) is 6.08 Å². The number of methoxy groups -OCH3 is 1. The summed E-state index contributed by atoms with van der Waals surface area (Å²) >= 11 is 1.36. The van der Waals surface area contributed by atoms with Gasteiger partial charge in [0.05, 0.1) is 23.8 Å². The lowest BCUT2D eigenvalue weighted by molar-refractivity contribution is -0.121. The lowest BCUT2D eigenvalue weighted by atomic mass is 10.2. The van der Waals surface area contributed by atoms with E-state index in [4.69, 9.17) is 9.47 Å². The molecular formula is C22H24N2O3S. The van der Waals surface area contributed by atoms with E-state index in [0.717, 1.165) is 11.3 Å². The third-order valence-electron chi connectivity index (χ3n) is 4.11. The van der Waals surface area contributed by atoms with Gasteiger partial charge in [-0.3, -0.25) is 9.69 Å². The monoisotopic (exact) mass is 396 g/mol. The molecule has 6 heteroatoms. The van der Waals surface area contributed by atoms with Gasteiger partial charge in [-0.15, -0.1) is 0 Å². The maximum Gasteiger partial charge on any atom is 0.266 e. The summed E-state index contributed by atoms with van der Waals surface area (Å²) in [7, 11) is 3.35. The summed E-state index contributed by atoms with van der Waals surface area (Å²) in [6.07, 6.45) is 1.90. The smallest absolute Gasteiger partial charge is 0.266 e. The fourth-order valence-corrected chi connectivity index (χ4v) is 3.64. The van der Waals surface area contributed by atoms with Crippen LogP contribution in [0.5, 0.6) is 11.5 Å². The van der Waals surface area contributed by atoms with Crippen molar-refractivity contribution in [3.05, 3.63) is 58.5 Å². The van der Waals surface area contributed by atoms with Gasteiger partial charge in [0.2, 0.25) is 0 Å². The van der Waals surface area contributed by atoms with Crippen molar-refractivity contribution in [2.75, 3.05) is 14.2 Å². The second kappa shape index (κ2) is 8.52. The van der Waals surface area contributed by atoms with E-state index in [1.807, 2.05) is 69.3 Å². The van der Waals surface area contributed by atoms with E-state index in [2.05, 4.69) is 4.99 Å². The van der Waals surface area contributed by atoms with E-state index in [1.54, 1.807) is 19.1 Å². The summed E-state index contributed by atoms with van der Waals surface area (Å²) in [4.78, 5) is 19.4. The van der Waals surface area contributed by atoms with Gasteiger partial charge in [0.25, 0.3) is 5.91 Å². The fourth-order valence-electron chi connectivity index (χ4n) is 2.66. The Morgan fingerprint density at radius 1 is 1.11 bits per heavy atom. The number of aryl methyl sites for hydroxylation is 1. The molecule has 0 atom stereocenters. The van der Waals surface area contributed by atoms with Gasteiger partial charge in [0.1, 0.15) is 0 Å². The topological polar surface area (TPSA) is 51.1 Å². The standard InChI is InChI=1S/C22H24N2O3S/c1-14(2)27-18-11-8-16(12-19(18)26-5)13-20-21(25)24(4)22(28-20)23-17-9-6-15(3)7-10-17/h6-14H,1-5H3/b20-13+,23-22?. The molecular weight excluding hydrogens is 372 g/mol. The van der Waals surface area contributed by atoms with Gasteiger partial charge < -0.3 is 9.47 Å². The molecule has 2 aromatic rings. The lowest BCUT2D eigenvalue weighted by Gasteiger charge is -2.13. The average molecular weight is 397 g/mol. The van der Waals surface area contributed by atoms with Gasteiger partial charge in [-0.2, -0.15) is 0 Å². The first-order valence-corrected chi connectivity index (χ1v) is 9.86. The van der Waals surface area contributed by atoms with Gasteiger partial charge in [-0.25, -0.2) is 4.99 Å². The average Bonchev–Trinajstić information content (AvgIpc) is 2.92. The third-order valence-corrected chi connectivity index (χ3v) is 5.17. The van der Waals surface area contributed by atoms with E-state index in [-0.39, 0.29) is 12.0 Å². The van der Waals surface area contributed by atoms with Gasteiger partial charge in [0.15, 0.2) is 16.7 Å². The van der Waals surface area contributed by atoms with Gasteiger partial charge in [0, 0.05) is 7.05 Å². The molecule has 1 heterocycles. The van der Waals surface area contributed by atoms with Gasteiger partial charge in [-0.1, -0.05) is 23.8 Å². The second-order valence-electron chi connectivity index (χ2n) is 6.78. The van der Waals surface area contributed by atoms with Crippen LogP contribution in [0.2, 0.25) is 0 Å². The molecule has 0 aliphatic carbocycles. The SMILES string of the molecule is COc1cc(/C=C2/SC(=Nc3ccc(C)cc3)N(C)C2=O)ccc1OC(C)C. The molecule has 0 unspecified atom stereocenters. The number of nitrogens with zero attached hydrogens (tertiary/aromatic N) is 2. The molecule has 0 aromatic heterocycles. The number of thioether (sulfide) groups is 1. The van der Waals surface area contributed by atoms with Crippen molar-refractivity contribution in [3.63, 3.8) is 0 Å². The quantitative estimate of drug-likeness (QED) is 0.666.